The van der Waals surface area contributed by atoms with Gasteiger partial charge in [-0.05, 0) is 54.7 Å². The fourth-order valence-corrected chi connectivity index (χ4v) is 2.87. The molecular formula is C18H17N3O. The first-order valence-corrected chi connectivity index (χ1v) is 7.60. The molecular weight excluding hydrogens is 274 g/mol. The second-order valence-electron chi connectivity index (χ2n) is 5.56. The second-order valence-corrected chi connectivity index (χ2v) is 5.56. The standard InChI is InChI=1S/C18H17N3O/c1-2-7-17(8-3-1)21-12-16(19-20-21)13-22-18-10-9-14-5-4-6-15(14)11-18/h1-3,7-12H,4-6,13H2. The molecule has 1 aromatic heterocycles. The SMILES string of the molecule is c1ccc(-n2cc(COc3ccc4c(c3)CCC4)nn2)cc1. The third kappa shape index (κ3) is 2.60. The van der Waals surface area contributed by atoms with Gasteiger partial charge in [-0.1, -0.05) is 29.5 Å². The van der Waals surface area contributed by atoms with Crippen LogP contribution in [0.15, 0.2) is 54.7 Å². The lowest BCUT2D eigenvalue weighted by Crippen LogP contribution is -1.96. The van der Waals surface area contributed by atoms with Crippen LogP contribution in [-0.2, 0) is 19.4 Å². The van der Waals surface area contributed by atoms with E-state index in [0.717, 1.165) is 23.6 Å². The van der Waals surface area contributed by atoms with Gasteiger partial charge in [0, 0.05) is 0 Å². The van der Waals surface area contributed by atoms with Crippen LogP contribution in [0.1, 0.15) is 23.2 Å². The average molecular weight is 291 g/mol. The molecule has 4 heteroatoms. The van der Waals surface area contributed by atoms with Gasteiger partial charge in [0.1, 0.15) is 18.1 Å². The third-order valence-corrected chi connectivity index (χ3v) is 4.02. The molecule has 0 aliphatic heterocycles. The van der Waals surface area contributed by atoms with Gasteiger partial charge in [0.25, 0.3) is 0 Å². The summed E-state index contributed by atoms with van der Waals surface area (Å²) in [4.78, 5) is 0. The van der Waals surface area contributed by atoms with Crippen molar-refractivity contribution in [3.63, 3.8) is 0 Å². The summed E-state index contributed by atoms with van der Waals surface area (Å²) in [5.41, 5.74) is 4.70. The van der Waals surface area contributed by atoms with Gasteiger partial charge in [-0.2, -0.15) is 0 Å². The van der Waals surface area contributed by atoms with Crippen LogP contribution in [0.4, 0.5) is 0 Å². The van der Waals surface area contributed by atoms with Crippen LogP contribution in [0.5, 0.6) is 5.75 Å². The van der Waals surface area contributed by atoms with Gasteiger partial charge in [-0.15, -0.1) is 5.10 Å². The van der Waals surface area contributed by atoms with Gasteiger partial charge in [-0.25, -0.2) is 4.68 Å². The van der Waals surface area contributed by atoms with E-state index in [1.165, 1.54) is 24.0 Å². The molecule has 0 N–H and O–H groups in total. The Morgan fingerprint density at radius 3 is 2.77 bits per heavy atom. The number of para-hydroxylation sites is 1. The Labute approximate surface area is 129 Å². The molecule has 0 unspecified atom stereocenters. The molecule has 1 heterocycles. The number of hydrogen-bond acceptors (Lipinski definition) is 3. The lowest BCUT2D eigenvalue weighted by atomic mass is 10.1. The van der Waals surface area contributed by atoms with Crippen LogP contribution in [0.3, 0.4) is 0 Å². The second kappa shape index (κ2) is 5.64. The number of hydrogen-bond donors (Lipinski definition) is 0. The summed E-state index contributed by atoms with van der Waals surface area (Å²) in [5.74, 6) is 0.912. The number of ether oxygens (including phenoxy) is 1. The van der Waals surface area contributed by atoms with E-state index in [0.29, 0.717) is 6.61 Å². The molecule has 0 fully saturated rings. The average Bonchev–Trinajstić information content (AvgIpc) is 3.22. The predicted octanol–water partition coefficient (Wildman–Crippen LogP) is 3.34. The van der Waals surface area contributed by atoms with Crippen molar-refractivity contribution >= 4 is 0 Å². The topological polar surface area (TPSA) is 39.9 Å². The zero-order chi connectivity index (χ0) is 14.8. The molecule has 110 valence electrons. The van der Waals surface area contributed by atoms with E-state index >= 15 is 0 Å². The maximum absolute atomic E-state index is 5.85. The molecule has 0 spiro atoms. The lowest BCUT2D eigenvalue weighted by molar-refractivity contribution is 0.301. The van der Waals surface area contributed by atoms with Crippen molar-refractivity contribution in [2.75, 3.05) is 0 Å². The van der Waals surface area contributed by atoms with E-state index in [9.17, 15) is 0 Å². The highest BCUT2D eigenvalue weighted by molar-refractivity contribution is 5.38. The number of rotatable bonds is 4. The van der Waals surface area contributed by atoms with Crippen LogP contribution in [0.2, 0.25) is 0 Å². The Morgan fingerprint density at radius 1 is 1.00 bits per heavy atom. The first-order chi connectivity index (χ1) is 10.9. The summed E-state index contributed by atoms with van der Waals surface area (Å²) >= 11 is 0. The molecule has 4 nitrogen and oxygen atoms in total. The van der Waals surface area contributed by atoms with Crippen molar-refractivity contribution in [2.45, 2.75) is 25.9 Å². The molecule has 4 rings (SSSR count). The fraction of sp³-hybridized carbons (Fsp3) is 0.222. The van der Waals surface area contributed by atoms with Crippen LogP contribution < -0.4 is 4.74 Å². The number of fused-ring (bicyclic) bond motifs is 1. The Balaban J connectivity index is 1.45. The van der Waals surface area contributed by atoms with Gasteiger partial charge in [-0.3, -0.25) is 0 Å². The van der Waals surface area contributed by atoms with E-state index in [2.05, 4.69) is 22.4 Å². The molecule has 3 aromatic rings. The first-order valence-electron chi connectivity index (χ1n) is 7.60. The summed E-state index contributed by atoms with van der Waals surface area (Å²) in [6.45, 7) is 0.436. The summed E-state index contributed by atoms with van der Waals surface area (Å²) < 4.78 is 7.62. The lowest BCUT2D eigenvalue weighted by Gasteiger charge is -2.06. The van der Waals surface area contributed by atoms with E-state index < -0.39 is 0 Å². The van der Waals surface area contributed by atoms with Crippen molar-refractivity contribution in [3.05, 3.63) is 71.5 Å². The highest BCUT2D eigenvalue weighted by Gasteiger charge is 2.11. The van der Waals surface area contributed by atoms with Crippen molar-refractivity contribution in [1.82, 2.24) is 15.0 Å². The van der Waals surface area contributed by atoms with Crippen molar-refractivity contribution < 1.29 is 4.74 Å². The molecule has 0 atom stereocenters. The quantitative estimate of drug-likeness (QED) is 0.740. The zero-order valence-electron chi connectivity index (χ0n) is 12.3. The smallest absolute Gasteiger partial charge is 0.134 e. The number of aryl methyl sites for hydroxylation is 2. The van der Waals surface area contributed by atoms with Gasteiger partial charge in [0.2, 0.25) is 0 Å². The molecule has 1 aliphatic rings. The highest BCUT2D eigenvalue weighted by Crippen LogP contribution is 2.26. The van der Waals surface area contributed by atoms with E-state index in [4.69, 9.17) is 4.74 Å². The molecule has 0 saturated heterocycles. The van der Waals surface area contributed by atoms with E-state index in [1.807, 2.05) is 42.6 Å². The Kier molecular flexibility index (Phi) is 3.35. The minimum Gasteiger partial charge on any atom is -0.487 e. The predicted molar refractivity (Wildman–Crippen MR) is 84.2 cm³/mol. The molecule has 0 amide bonds. The maximum atomic E-state index is 5.85. The van der Waals surface area contributed by atoms with Crippen LogP contribution in [0.25, 0.3) is 5.69 Å². The molecule has 0 saturated carbocycles. The fourth-order valence-electron chi connectivity index (χ4n) is 2.87. The highest BCUT2D eigenvalue weighted by atomic mass is 16.5. The molecule has 22 heavy (non-hydrogen) atoms. The number of benzene rings is 2. The largest absolute Gasteiger partial charge is 0.487 e. The summed E-state index contributed by atoms with van der Waals surface area (Å²) in [6, 6.07) is 16.3. The van der Waals surface area contributed by atoms with Crippen LogP contribution in [-0.4, -0.2) is 15.0 Å². The summed E-state index contributed by atoms with van der Waals surface area (Å²) in [5, 5.41) is 8.31. The molecule has 0 radical (unpaired) electrons. The van der Waals surface area contributed by atoms with Gasteiger partial charge >= 0.3 is 0 Å². The van der Waals surface area contributed by atoms with E-state index in [-0.39, 0.29) is 0 Å². The monoisotopic (exact) mass is 291 g/mol. The zero-order valence-corrected chi connectivity index (χ0v) is 12.3. The summed E-state index contributed by atoms with van der Waals surface area (Å²) in [6.07, 6.45) is 5.52. The Bertz CT molecular complexity index is 780. The van der Waals surface area contributed by atoms with Crippen molar-refractivity contribution in [2.24, 2.45) is 0 Å². The van der Waals surface area contributed by atoms with Crippen LogP contribution >= 0.6 is 0 Å². The minimum absolute atomic E-state index is 0.436. The normalized spacial score (nSPS) is 13.1. The molecule has 2 aromatic carbocycles. The molecule has 1 aliphatic carbocycles. The van der Waals surface area contributed by atoms with Crippen molar-refractivity contribution in [1.29, 1.82) is 0 Å². The number of aromatic nitrogens is 3. The van der Waals surface area contributed by atoms with Gasteiger partial charge < -0.3 is 4.74 Å². The van der Waals surface area contributed by atoms with Crippen molar-refractivity contribution in [3.8, 4) is 11.4 Å². The van der Waals surface area contributed by atoms with Gasteiger partial charge in [0.15, 0.2) is 0 Å². The minimum atomic E-state index is 0.436. The third-order valence-electron chi connectivity index (χ3n) is 4.02. The Hall–Kier alpha value is -2.62. The van der Waals surface area contributed by atoms with Crippen LogP contribution in [0, 0.1) is 0 Å². The Morgan fingerprint density at radius 2 is 1.86 bits per heavy atom. The van der Waals surface area contributed by atoms with E-state index in [1.54, 1.807) is 4.68 Å². The maximum Gasteiger partial charge on any atom is 0.134 e. The number of nitrogens with zero attached hydrogens (tertiary/aromatic N) is 3. The first kappa shape index (κ1) is 13.1. The van der Waals surface area contributed by atoms with Gasteiger partial charge in [0.05, 0.1) is 11.9 Å². The molecule has 0 bridgehead atoms. The summed E-state index contributed by atoms with van der Waals surface area (Å²) in [7, 11) is 0.